The third-order valence-corrected chi connectivity index (χ3v) is 6.62. The van der Waals surface area contributed by atoms with Crippen molar-refractivity contribution in [3.63, 3.8) is 0 Å². The molecule has 0 saturated heterocycles. The number of rotatable bonds is 9. The molecule has 3 heterocycles. The number of hydrogen-bond donors (Lipinski definition) is 1. The van der Waals surface area contributed by atoms with Crippen molar-refractivity contribution in [3.05, 3.63) is 111 Å². The number of ether oxygens (including phenoxy) is 2. The van der Waals surface area contributed by atoms with Crippen LogP contribution in [0.2, 0.25) is 0 Å². The maximum absolute atomic E-state index is 13.2. The van der Waals surface area contributed by atoms with Gasteiger partial charge in [0.2, 0.25) is 0 Å². The Morgan fingerprint density at radius 1 is 1.00 bits per heavy atom. The van der Waals surface area contributed by atoms with Gasteiger partial charge in [0.15, 0.2) is 24.0 Å². The largest absolute Gasteiger partial charge is 2.00 e. The molecule has 0 aliphatic heterocycles. The van der Waals surface area contributed by atoms with E-state index >= 15 is 0 Å². The van der Waals surface area contributed by atoms with Crippen LogP contribution < -0.4 is 16.3 Å². The predicted molar refractivity (Wildman–Crippen MR) is 157 cm³/mol. The third kappa shape index (κ3) is 6.21. The molecule has 1 N–H and O–H groups in total. The van der Waals surface area contributed by atoms with Gasteiger partial charge in [0.1, 0.15) is 0 Å². The Balaban J connectivity index is 0.00000184. The van der Waals surface area contributed by atoms with Crippen molar-refractivity contribution < 1.29 is 30.5 Å². The maximum atomic E-state index is 13.2. The van der Waals surface area contributed by atoms with Crippen LogP contribution in [0.5, 0.6) is 6.01 Å². The zero-order valence-electron chi connectivity index (χ0n) is 25.3. The fourth-order valence-electron chi connectivity index (χ4n) is 4.69. The number of aryl methyl sites for hydroxylation is 1. The van der Waals surface area contributed by atoms with Crippen molar-refractivity contribution >= 4 is 54.7 Å². The first-order valence-corrected chi connectivity index (χ1v) is 13.0. The maximum Gasteiger partial charge on any atom is 2.00 e. The van der Waals surface area contributed by atoms with E-state index in [1.165, 1.54) is 0 Å². The summed E-state index contributed by atoms with van der Waals surface area (Å²) in [4.78, 5) is 43.2. The van der Waals surface area contributed by atoms with E-state index < -0.39 is 17.5 Å². The summed E-state index contributed by atoms with van der Waals surface area (Å²) in [6, 6.07) is 20.9. The summed E-state index contributed by atoms with van der Waals surface area (Å²) in [6.07, 6.45) is 0. The number of fused-ring (bicyclic) bond motifs is 1. The number of para-hydroxylation sites is 1. The number of aromatic amines is 1. The van der Waals surface area contributed by atoms with E-state index in [1.54, 1.807) is 25.1 Å². The molecule has 0 unspecified atom stereocenters. The number of hydrogen-bond acceptors (Lipinski definition) is 10. The van der Waals surface area contributed by atoms with Crippen molar-refractivity contribution in [2.45, 2.75) is 27.0 Å². The van der Waals surface area contributed by atoms with Crippen molar-refractivity contribution in [2.24, 2.45) is 0 Å². The molecule has 0 aliphatic rings. The molecule has 43 heavy (non-hydrogen) atoms. The normalized spacial score (nSPS) is 10.9. The summed E-state index contributed by atoms with van der Waals surface area (Å²) in [7, 11) is 0. The molecule has 6 aromatic rings. The van der Waals surface area contributed by atoms with Crippen molar-refractivity contribution in [1.82, 2.24) is 19.7 Å². The average Bonchev–Trinajstić information content (AvgIpc) is 3.68. The van der Waals surface area contributed by atoms with Gasteiger partial charge < -0.3 is 21.2 Å². The van der Waals surface area contributed by atoms with Crippen molar-refractivity contribution in [3.8, 4) is 28.5 Å². The quantitative estimate of drug-likeness (QED) is 0.182. The number of benzene rings is 3. The summed E-state index contributed by atoms with van der Waals surface area (Å²) >= 11 is 0. The van der Waals surface area contributed by atoms with Gasteiger partial charge >= 0.3 is 55.3 Å². The number of nitrogens with one attached hydrogen (secondary N) is 1. The number of nitrogens with zero attached hydrogens (tertiary/aromatic N) is 3. The Kier molecular flexibility index (Phi) is 9.00. The molecule has 216 valence electrons. The minimum atomic E-state index is -0.859. The van der Waals surface area contributed by atoms with Crippen LogP contribution in [-0.4, -0.2) is 70.0 Å². The molecule has 3 aromatic heterocycles. The van der Waals surface area contributed by atoms with Gasteiger partial charge in [-0.1, -0.05) is 59.8 Å². The Morgan fingerprint density at radius 2 is 1.77 bits per heavy atom. The topological polar surface area (TPSA) is 156 Å². The first-order chi connectivity index (χ1) is 20.4. The first kappa shape index (κ1) is 30.1. The molecule has 0 aliphatic carbocycles. The van der Waals surface area contributed by atoms with Gasteiger partial charge in [-0.15, -0.1) is 0 Å². The zero-order valence-corrected chi connectivity index (χ0v) is 25.5. The van der Waals surface area contributed by atoms with E-state index in [4.69, 9.17) is 18.3 Å². The minimum Gasteiger partial charge on any atom is -1.00 e. The third-order valence-electron chi connectivity index (χ3n) is 6.62. The molecule has 12 nitrogen and oxygen atoms in total. The monoisotopic (exact) mass is 610 g/mol. The molecular weight excluding hydrogens is 584 g/mol. The second-order valence-electron chi connectivity index (χ2n) is 9.28. The van der Waals surface area contributed by atoms with Crippen LogP contribution in [0, 0.1) is 6.92 Å². The van der Waals surface area contributed by atoms with Gasteiger partial charge in [-0.2, -0.15) is 4.98 Å². The van der Waals surface area contributed by atoms with Crippen molar-refractivity contribution in [2.75, 3.05) is 6.61 Å². The van der Waals surface area contributed by atoms with Gasteiger partial charge in [0, 0.05) is 5.56 Å². The minimum absolute atomic E-state index is 0. The number of carbonyl (C=O) groups is 1. The van der Waals surface area contributed by atoms with E-state index in [1.807, 2.05) is 60.0 Å². The van der Waals surface area contributed by atoms with Crippen LogP contribution in [0.1, 0.15) is 37.2 Å². The van der Waals surface area contributed by atoms with Crippen LogP contribution in [0.4, 0.5) is 0 Å². The van der Waals surface area contributed by atoms with E-state index in [0.29, 0.717) is 36.0 Å². The molecule has 0 saturated carbocycles. The second kappa shape index (κ2) is 12.9. The van der Waals surface area contributed by atoms with Crippen LogP contribution in [0.15, 0.2) is 89.7 Å². The summed E-state index contributed by atoms with van der Waals surface area (Å²) in [6.45, 7) is 3.88. The van der Waals surface area contributed by atoms with Crippen LogP contribution in [0.3, 0.4) is 0 Å². The molecule has 0 amide bonds. The van der Waals surface area contributed by atoms with E-state index in [-0.39, 0.29) is 64.3 Å². The molecule has 6 rings (SSSR count). The van der Waals surface area contributed by atoms with Crippen LogP contribution >= 0.6 is 0 Å². The van der Waals surface area contributed by atoms with Gasteiger partial charge in [-0.3, -0.25) is 14.1 Å². The van der Waals surface area contributed by atoms with Crippen LogP contribution in [-0.2, 0) is 17.9 Å². The van der Waals surface area contributed by atoms with Gasteiger partial charge in [0.05, 0.1) is 29.7 Å². The predicted octanol–water partition coefficient (Wildman–Crippen LogP) is 4.55. The number of esters is 1. The summed E-state index contributed by atoms with van der Waals surface area (Å²) < 4.78 is 27.6. The smallest absolute Gasteiger partial charge is 1.00 e. The number of carbonyl (C=O) groups excluding carboxylic acids is 1. The zero-order chi connectivity index (χ0) is 29.2. The van der Waals surface area contributed by atoms with Crippen molar-refractivity contribution in [1.29, 1.82) is 0 Å². The summed E-state index contributed by atoms with van der Waals surface area (Å²) in [5, 5.41) is 3.83. The Labute approximate surface area is 276 Å². The number of H-pyrrole nitrogens is 1. The number of imidazole rings is 1. The van der Waals surface area contributed by atoms with E-state index in [0.717, 1.165) is 22.3 Å². The molecule has 0 bridgehead atoms. The van der Waals surface area contributed by atoms with E-state index in [2.05, 4.69) is 19.6 Å². The van der Waals surface area contributed by atoms with Gasteiger partial charge in [0.25, 0.3) is 6.01 Å². The van der Waals surface area contributed by atoms with E-state index in [9.17, 15) is 14.4 Å². The number of aromatic nitrogens is 4. The van der Waals surface area contributed by atoms with Gasteiger partial charge in [-0.05, 0) is 42.7 Å². The molecular formula is C30H26CaN4O8. The second-order valence-corrected chi connectivity index (χ2v) is 9.28. The standard InChI is InChI=1S/C30H24N4O8.Ca.2H/c1-3-38-28-31-23-10-6-9-22(27(35)39-16-24-17(2)40-30(37)41-24)25(23)34(28)15-18-11-13-19(14-12-18)20-7-4-5-8-21(20)26-32-29(36)42-33-26;;;/h4-14H,3,15-16H2,1-2H3,(H,32,33,36);;;/q;+2;2*-1. The molecule has 0 spiro atoms. The fourth-order valence-corrected chi connectivity index (χ4v) is 4.69. The average molecular weight is 611 g/mol. The fraction of sp³-hybridized carbons (Fsp3) is 0.167. The molecule has 0 fully saturated rings. The Bertz CT molecular complexity index is 2030. The first-order valence-electron chi connectivity index (χ1n) is 13.0. The molecule has 13 heteroatoms. The Morgan fingerprint density at radius 3 is 2.44 bits per heavy atom. The summed E-state index contributed by atoms with van der Waals surface area (Å²) in [5.74, 6) is -1.38. The Hall–Kier alpha value is -4.39. The molecule has 0 atom stereocenters. The molecule has 0 radical (unpaired) electrons. The van der Waals surface area contributed by atoms with Crippen LogP contribution in [0.25, 0.3) is 33.5 Å². The van der Waals surface area contributed by atoms with Gasteiger partial charge in [-0.25, -0.2) is 14.4 Å². The SMILES string of the molecule is CCOc1nc2cccc(C(=O)OCc3oc(=O)oc3C)c2n1Cc1ccc(-c2ccccc2-c2noc(=O)[nH]2)cc1.[Ca+2].[H-].[H-]. The molecule has 3 aromatic carbocycles. The summed E-state index contributed by atoms with van der Waals surface area (Å²) in [5.41, 5.74) is 4.80.